The predicted molar refractivity (Wildman–Crippen MR) is 55.1 cm³/mol. The molecule has 1 aromatic rings. The summed E-state index contributed by atoms with van der Waals surface area (Å²) < 4.78 is 0. The van der Waals surface area contributed by atoms with E-state index in [1.54, 1.807) is 0 Å². The van der Waals surface area contributed by atoms with Gasteiger partial charge in [0.1, 0.15) is 0 Å². The maximum atomic E-state index is 10.3. The third kappa shape index (κ3) is 3.48. The minimum absolute atomic E-state index is 0.535. The summed E-state index contributed by atoms with van der Waals surface area (Å²) in [7, 11) is 1.92. The molecular formula is C9H12N2OS. The maximum Gasteiger partial charge on any atom is 0.178 e. The molecular weight excluding hydrogens is 184 g/mol. The van der Waals surface area contributed by atoms with Crippen molar-refractivity contribution < 1.29 is 4.79 Å². The van der Waals surface area contributed by atoms with Crippen LogP contribution in [0.1, 0.15) is 21.9 Å². The number of aromatic nitrogens is 1. The van der Waals surface area contributed by atoms with Gasteiger partial charge in [-0.15, -0.1) is 11.3 Å². The van der Waals surface area contributed by atoms with Crippen LogP contribution in [0.4, 0.5) is 0 Å². The molecule has 0 unspecified atom stereocenters. The topological polar surface area (TPSA) is 42.0 Å². The number of rotatable bonds is 5. The number of nitrogens with one attached hydrogen (secondary N) is 1. The van der Waals surface area contributed by atoms with Crippen molar-refractivity contribution in [1.29, 1.82) is 0 Å². The third-order valence-electron chi connectivity index (χ3n) is 1.49. The van der Waals surface area contributed by atoms with Crippen LogP contribution in [-0.2, 0) is 0 Å². The highest BCUT2D eigenvalue weighted by atomic mass is 32.1. The van der Waals surface area contributed by atoms with Gasteiger partial charge in [-0.25, -0.2) is 4.98 Å². The van der Waals surface area contributed by atoms with E-state index in [0.29, 0.717) is 5.01 Å². The van der Waals surface area contributed by atoms with Crippen molar-refractivity contribution in [2.45, 2.75) is 6.42 Å². The summed E-state index contributed by atoms with van der Waals surface area (Å²) in [6.07, 6.45) is 5.72. The second kappa shape index (κ2) is 5.61. The molecule has 0 atom stereocenters. The van der Waals surface area contributed by atoms with E-state index in [1.807, 2.05) is 24.6 Å². The van der Waals surface area contributed by atoms with Crippen molar-refractivity contribution in [3.8, 4) is 0 Å². The Morgan fingerprint density at radius 2 is 2.54 bits per heavy atom. The lowest BCUT2D eigenvalue weighted by molar-refractivity contribution is 0.112. The van der Waals surface area contributed by atoms with Crippen LogP contribution in [0.15, 0.2) is 11.5 Å². The minimum Gasteiger partial charge on any atom is -0.319 e. The summed E-state index contributed by atoms with van der Waals surface area (Å²) >= 11 is 1.37. The van der Waals surface area contributed by atoms with Crippen molar-refractivity contribution in [1.82, 2.24) is 10.3 Å². The Labute approximate surface area is 81.5 Å². The quantitative estimate of drug-likeness (QED) is 0.574. The van der Waals surface area contributed by atoms with Crippen molar-refractivity contribution in [2.75, 3.05) is 13.6 Å². The van der Waals surface area contributed by atoms with Crippen molar-refractivity contribution in [2.24, 2.45) is 0 Å². The molecule has 3 nitrogen and oxygen atoms in total. The molecule has 1 aromatic heterocycles. The average molecular weight is 196 g/mol. The lowest BCUT2D eigenvalue weighted by atomic mass is 10.3. The van der Waals surface area contributed by atoms with E-state index in [4.69, 9.17) is 0 Å². The standard InChI is InChI=1S/C9H12N2OS/c1-10-5-3-2-4-8-7-13-9(6-12)11-8/h2,4,6-7,10H,3,5H2,1H3. The Morgan fingerprint density at radius 3 is 3.15 bits per heavy atom. The van der Waals surface area contributed by atoms with Gasteiger partial charge in [0.2, 0.25) is 0 Å². The van der Waals surface area contributed by atoms with E-state index in [1.165, 1.54) is 11.3 Å². The molecule has 0 aromatic carbocycles. The van der Waals surface area contributed by atoms with Gasteiger partial charge in [0.05, 0.1) is 5.69 Å². The van der Waals surface area contributed by atoms with E-state index in [-0.39, 0.29) is 0 Å². The summed E-state index contributed by atoms with van der Waals surface area (Å²) in [6, 6.07) is 0. The lowest BCUT2D eigenvalue weighted by Gasteiger charge is -1.89. The van der Waals surface area contributed by atoms with Crippen molar-refractivity contribution in [3.63, 3.8) is 0 Å². The highest BCUT2D eigenvalue weighted by Crippen LogP contribution is 2.08. The zero-order valence-corrected chi connectivity index (χ0v) is 8.30. The summed E-state index contributed by atoms with van der Waals surface area (Å²) in [4.78, 5) is 14.4. The van der Waals surface area contributed by atoms with Crippen LogP contribution in [0.5, 0.6) is 0 Å². The molecule has 1 N–H and O–H groups in total. The van der Waals surface area contributed by atoms with Gasteiger partial charge in [-0.3, -0.25) is 4.79 Å². The molecule has 1 rings (SSSR count). The van der Waals surface area contributed by atoms with Gasteiger partial charge >= 0.3 is 0 Å². The van der Waals surface area contributed by atoms with Crippen LogP contribution >= 0.6 is 11.3 Å². The fourth-order valence-corrected chi connectivity index (χ4v) is 1.45. The van der Waals surface area contributed by atoms with Crippen molar-refractivity contribution >= 4 is 23.7 Å². The van der Waals surface area contributed by atoms with Crippen molar-refractivity contribution in [3.05, 3.63) is 22.2 Å². The first-order valence-corrected chi connectivity index (χ1v) is 4.96. The molecule has 0 amide bonds. The molecule has 0 fully saturated rings. The fourth-order valence-electron chi connectivity index (χ4n) is 0.863. The summed E-state index contributed by atoms with van der Waals surface area (Å²) in [5.41, 5.74) is 0.864. The van der Waals surface area contributed by atoms with E-state index in [9.17, 15) is 4.79 Å². The first-order valence-electron chi connectivity index (χ1n) is 4.08. The normalized spacial score (nSPS) is 10.8. The molecule has 0 aliphatic rings. The molecule has 0 saturated heterocycles. The molecule has 0 bridgehead atoms. The zero-order chi connectivity index (χ0) is 9.52. The lowest BCUT2D eigenvalue weighted by Crippen LogP contribution is -2.05. The molecule has 4 heteroatoms. The van der Waals surface area contributed by atoms with Crippen LogP contribution in [0.3, 0.4) is 0 Å². The van der Waals surface area contributed by atoms with Crippen LogP contribution in [0.2, 0.25) is 0 Å². The second-order valence-corrected chi connectivity index (χ2v) is 3.41. The number of carbonyl (C=O) groups excluding carboxylic acids is 1. The van der Waals surface area contributed by atoms with Gasteiger partial charge < -0.3 is 5.32 Å². The molecule has 0 spiro atoms. The van der Waals surface area contributed by atoms with Crippen LogP contribution in [0.25, 0.3) is 6.08 Å². The van der Waals surface area contributed by atoms with E-state index in [2.05, 4.69) is 10.3 Å². The minimum atomic E-state index is 0.535. The smallest absolute Gasteiger partial charge is 0.178 e. The number of nitrogens with zero attached hydrogens (tertiary/aromatic N) is 1. The van der Waals surface area contributed by atoms with Gasteiger partial charge in [0.25, 0.3) is 0 Å². The first kappa shape index (κ1) is 10.1. The Hall–Kier alpha value is -1.00. The zero-order valence-electron chi connectivity index (χ0n) is 7.49. The Morgan fingerprint density at radius 1 is 1.69 bits per heavy atom. The molecule has 0 radical (unpaired) electrons. The van der Waals surface area contributed by atoms with Crippen LogP contribution in [0, 0.1) is 0 Å². The molecule has 0 saturated carbocycles. The van der Waals surface area contributed by atoms with Gasteiger partial charge in [0, 0.05) is 5.38 Å². The van der Waals surface area contributed by atoms with Gasteiger partial charge in [-0.1, -0.05) is 6.08 Å². The second-order valence-electron chi connectivity index (χ2n) is 2.52. The van der Waals surface area contributed by atoms with Crippen LogP contribution in [-0.4, -0.2) is 24.9 Å². The summed E-state index contributed by atoms with van der Waals surface area (Å²) in [6.45, 7) is 0.959. The third-order valence-corrected chi connectivity index (χ3v) is 2.28. The van der Waals surface area contributed by atoms with E-state index < -0.39 is 0 Å². The number of hydrogen-bond acceptors (Lipinski definition) is 4. The summed E-state index contributed by atoms with van der Waals surface area (Å²) in [5.74, 6) is 0. The Bertz CT molecular complexity index is 294. The highest BCUT2D eigenvalue weighted by Gasteiger charge is 1.95. The maximum absolute atomic E-state index is 10.3. The SMILES string of the molecule is CNCCC=Cc1csc(C=O)n1. The first-order chi connectivity index (χ1) is 6.36. The van der Waals surface area contributed by atoms with Crippen LogP contribution < -0.4 is 5.32 Å². The highest BCUT2D eigenvalue weighted by molar-refractivity contribution is 7.11. The Balaban J connectivity index is 2.44. The van der Waals surface area contributed by atoms with E-state index in [0.717, 1.165) is 24.9 Å². The number of aldehydes is 1. The number of hydrogen-bond donors (Lipinski definition) is 1. The number of carbonyl (C=O) groups is 1. The predicted octanol–water partition coefficient (Wildman–Crippen LogP) is 1.58. The number of thiazole rings is 1. The van der Waals surface area contributed by atoms with Gasteiger partial charge in [-0.2, -0.15) is 0 Å². The summed E-state index contributed by atoms with van der Waals surface area (Å²) in [5, 5.41) is 5.46. The fraction of sp³-hybridized carbons (Fsp3) is 0.333. The molecule has 70 valence electrons. The monoisotopic (exact) mass is 196 g/mol. The Kier molecular flexibility index (Phi) is 4.35. The molecule has 1 heterocycles. The molecule has 0 aliphatic carbocycles. The van der Waals surface area contributed by atoms with Gasteiger partial charge in [0.15, 0.2) is 11.3 Å². The van der Waals surface area contributed by atoms with E-state index >= 15 is 0 Å². The molecule has 13 heavy (non-hydrogen) atoms. The average Bonchev–Trinajstić information content (AvgIpc) is 2.60. The van der Waals surface area contributed by atoms with Gasteiger partial charge in [-0.05, 0) is 26.1 Å². The molecule has 0 aliphatic heterocycles. The largest absolute Gasteiger partial charge is 0.319 e.